The lowest BCUT2D eigenvalue weighted by atomic mass is 10.3. The summed E-state index contributed by atoms with van der Waals surface area (Å²) in [5.41, 5.74) is 6.36. The van der Waals surface area contributed by atoms with Crippen molar-refractivity contribution in [3.05, 3.63) is 53.6 Å². The third kappa shape index (κ3) is 5.05. The van der Waals surface area contributed by atoms with E-state index in [9.17, 15) is 0 Å². The number of thioether (sulfide) groups is 1. The Balaban J connectivity index is 1.64. The summed E-state index contributed by atoms with van der Waals surface area (Å²) in [6.07, 6.45) is 0.998. The zero-order chi connectivity index (χ0) is 13.5. The molecule has 0 aliphatic rings. The SMILES string of the molecule is Nc1ccc(OCCCSc2ccc(Cl)cc2)cc1. The van der Waals surface area contributed by atoms with E-state index in [2.05, 4.69) is 0 Å². The van der Waals surface area contributed by atoms with Crippen LogP contribution in [0.15, 0.2) is 53.4 Å². The second kappa shape index (κ2) is 7.31. The highest BCUT2D eigenvalue weighted by molar-refractivity contribution is 7.99. The van der Waals surface area contributed by atoms with Crippen LogP contribution in [0.25, 0.3) is 0 Å². The van der Waals surface area contributed by atoms with Crippen LogP contribution in [0.2, 0.25) is 5.02 Å². The second-order valence-electron chi connectivity index (χ2n) is 4.07. The fourth-order valence-corrected chi connectivity index (χ4v) is 2.49. The molecule has 0 unspecified atom stereocenters. The maximum absolute atomic E-state index is 5.84. The Morgan fingerprint density at radius 3 is 2.37 bits per heavy atom. The van der Waals surface area contributed by atoms with E-state index in [4.69, 9.17) is 22.1 Å². The lowest BCUT2D eigenvalue weighted by Crippen LogP contribution is -1.98. The van der Waals surface area contributed by atoms with Gasteiger partial charge in [0.1, 0.15) is 5.75 Å². The summed E-state index contributed by atoms with van der Waals surface area (Å²) < 4.78 is 5.63. The van der Waals surface area contributed by atoms with Crippen molar-refractivity contribution in [2.75, 3.05) is 18.1 Å². The van der Waals surface area contributed by atoms with Crippen LogP contribution < -0.4 is 10.5 Å². The van der Waals surface area contributed by atoms with Gasteiger partial charge in [0.15, 0.2) is 0 Å². The van der Waals surface area contributed by atoms with Crippen molar-refractivity contribution in [2.24, 2.45) is 0 Å². The average molecular weight is 294 g/mol. The Morgan fingerprint density at radius 1 is 1.00 bits per heavy atom. The zero-order valence-electron chi connectivity index (χ0n) is 10.5. The monoisotopic (exact) mass is 293 g/mol. The van der Waals surface area contributed by atoms with Crippen molar-refractivity contribution < 1.29 is 4.74 Å². The maximum Gasteiger partial charge on any atom is 0.119 e. The smallest absolute Gasteiger partial charge is 0.119 e. The summed E-state index contributed by atoms with van der Waals surface area (Å²) in [5, 5.41) is 0.774. The van der Waals surface area contributed by atoms with Crippen molar-refractivity contribution in [3.8, 4) is 5.75 Å². The Kier molecular flexibility index (Phi) is 5.43. The van der Waals surface area contributed by atoms with E-state index in [1.807, 2.05) is 60.3 Å². The molecule has 2 nitrogen and oxygen atoms in total. The molecule has 0 aromatic heterocycles. The Labute approximate surface area is 122 Å². The van der Waals surface area contributed by atoms with Crippen LogP contribution in [0.3, 0.4) is 0 Å². The molecule has 0 radical (unpaired) electrons. The van der Waals surface area contributed by atoms with Crippen molar-refractivity contribution in [3.63, 3.8) is 0 Å². The maximum atomic E-state index is 5.84. The largest absolute Gasteiger partial charge is 0.494 e. The highest BCUT2D eigenvalue weighted by Gasteiger charge is 1.96. The van der Waals surface area contributed by atoms with Gasteiger partial charge in [-0.25, -0.2) is 0 Å². The number of nitrogen functional groups attached to an aromatic ring is 1. The van der Waals surface area contributed by atoms with Crippen LogP contribution in [-0.4, -0.2) is 12.4 Å². The summed E-state index contributed by atoms with van der Waals surface area (Å²) in [6, 6.07) is 15.4. The molecule has 0 fully saturated rings. The molecule has 0 bridgehead atoms. The average Bonchev–Trinajstić information content (AvgIpc) is 2.43. The van der Waals surface area contributed by atoms with Gasteiger partial charge in [-0.3, -0.25) is 0 Å². The van der Waals surface area contributed by atoms with Gasteiger partial charge >= 0.3 is 0 Å². The van der Waals surface area contributed by atoms with Gasteiger partial charge in [0, 0.05) is 21.4 Å². The summed E-state index contributed by atoms with van der Waals surface area (Å²) >= 11 is 7.64. The number of hydrogen-bond acceptors (Lipinski definition) is 3. The van der Waals surface area contributed by atoms with Crippen LogP contribution in [0.4, 0.5) is 5.69 Å². The summed E-state index contributed by atoms with van der Waals surface area (Å²) in [6.45, 7) is 0.713. The summed E-state index contributed by atoms with van der Waals surface area (Å²) in [5.74, 6) is 1.89. The van der Waals surface area contributed by atoms with Crippen LogP contribution >= 0.6 is 23.4 Å². The molecule has 4 heteroatoms. The Morgan fingerprint density at radius 2 is 1.68 bits per heavy atom. The molecular formula is C15H16ClNOS. The molecular weight excluding hydrogens is 278 g/mol. The van der Waals surface area contributed by atoms with Gasteiger partial charge in [-0.05, 0) is 55.0 Å². The van der Waals surface area contributed by atoms with Crippen molar-refractivity contribution >= 4 is 29.1 Å². The zero-order valence-corrected chi connectivity index (χ0v) is 12.1. The molecule has 2 N–H and O–H groups in total. The van der Waals surface area contributed by atoms with Gasteiger partial charge in [-0.15, -0.1) is 11.8 Å². The van der Waals surface area contributed by atoms with Gasteiger partial charge in [0.2, 0.25) is 0 Å². The molecule has 0 aliphatic carbocycles. The lowest BCUT2D eigenvalue weighted by molar-refractivity contribution is 0.319. The van der Waals surface area contributed by atoms with Gasteiger partial charge < -0.3 is 10.5 Å². The number of rotatable bonds is 6. The van der Waals surface area contributed by atoms with Gasteiger partial charge in [-0.2, -0.15) is 0 Å². The number of halogens is 1. The van der Waals surface area contributed by atoms with E-state index in [-0.39, 0.29) is 0 Å². The topological polar surface area (TPSA) is 35.2 Å². The first-order valence-corrected chi connectivity index (χ1v) is 7.47. The fraction of sp³-hybridized carbons (Fsp3) is 0.200. The van der Waals surface area contributed by atoms with E-state index >= 15 is 0 Å². The number of benzene rings is 2. The molecule has 2 aromatic carbocycles. The molecule has 0 saturated heterocycles. The molecule has 100 valence electrons. The normalized spacial score (nSPS) is 10.4. The predicted octanol–water partition coefficient (Wildman–Crippen LogP) is 4.48. The molecule has 0 atom stereocenters. The fourth-order valence-electron chi connectivity index (χ4n) is 1.53. The number of hydrogen-bond donors (Lipinski definition) is 1. The van der Waals surface area contributed by atoms with Gasteiger partial charge in [-0.1, -0.05) is 11.6 Å². The standard InChI is InChI=1S/C15H16ClNOS/c16-12-2-8-15(9-3-12)19-11-1-10-18-14-6-4-13(17)5-7-14/h2-9H,1,10-11,17H2. The molecule has 0 amide bonds. The Bertz CT molecular complexity index is 451. The molecule has 0 saturated carbocycles. The second-order valence-corrected chi connectivity index (χ2v) is 5.68. The first-order valence-electron chi connectivity index (χ1n) is 6.11. The minimum atomic E-state index is 0.713. The highest BCUT2D eigenvalue weighted by atomic mass is 35.5. The van der Waals surface area contributed by atoms with Crippen LogP contribution in [-0.2, 0) is 0 Å². The predicted molar refractivity (Wildman–Crippen MR) is 83.1 cm³/mol. The number of ether oxygens (including phenoxy) is 1. The molecule has 2 aromatic rings. The summed E-state index contributed by atoms with van der Waals surface area (Å²) in [4.78, 5) is 1.23. The molecule has 0 aliphatic heterocycles. The van der Waals surface area contributed by atoms with Crippen molar-refractivity contribution in [1.29, 1.82) is 0 Å². The highest BCUT2D eigenvalue weighted by Crippen LogP contribution is 2.21. The van der Waals surface area contributed by atoms with E-state index in [1.54, 1.807) is 0 Å². The third-order valence-corrected chi connectivity index (χ3v) is 3.87. The van der Waals surface area contributed by atoms with E-state index in [0.29, 0.717) is 6.61 Å². The van der Waals surface area contributed by atoms with Crippen LogP contribution in [0.1, 0.15) is 6.42 Å². The quantitative estimate of drug-likeness (QED) is 0.484. The first kappa shape index (κ1) is 14.1. The number of anilines is 1. The number of nitrogens with two attached hydrogens (primary N) is 1. The van der Waals surface area contributed by atoms with Crippen molar-refractivity contribution in [2.45, 2.75) is 11.3 Å². The third-order valence-electron chi connectivity index (χ3n) is 2.52. The molecule has 19 heavy (non-hydrogen) atoms. The van der Waals surface area contributed by atoms with Crippen molar-refractivity contribution in [1.82, 2.24) is 0 Å². The Hall–Kier alpha value is -1.32. The summed E-state index contributed by atoms with van der Waals surface area (Å²) in [7, 11) is 0. The minimum Gasteiger partial charge on any atom is -0.494 e. The van der Waals surface area contributed by atoms with E-state index in [0.717, 1.165) is 28.6 Å². The van der Waals surface area contributed by atoms with Crippen LogP contribution in [0, 0.1) is 0 Å². The van der Waals surface area contributed by atoms with E-state index in [1.165, 1.54) is 4.90 Å². The molecule has 0 heterocycles. The van der Waals surface area contributed by atoms with Crippen LogP contribution in [0.5, 0.6) is 5.75 Å². The first-order chi connectivity index (χ1) is 9.24. The van der Waals surface area contributed by atoms with E-state index < -0.39 is 0 Å². The lowest BCUT2D eigenvalue weighted by Gasteiger charge is -2.06. The minimum absolute atomic E-state index is 0.713. The van der Waals surface area contributed by atoms with Gasteiger partial charge in [0.25, 0.3) is 0 Å². The van der Waals surface area contributed by atoms with Gasteiger partial charge in [0.05, 0.1) is 6.61 Å². The molecule has 0 spiro atoms. The molecule has 2 rings (SSSR count).